The van der Waals surface area contributed by atoms with Gasteiger partial charge < -0.3 is 0 Å². The molecule has 0 atom stereocenters. The fourth-order valence-electron chi connectivity index (χ4n) is 4.43. The van der Waals surface area contributed by atoms with Crippen molar-refractivity contribution in [3.05, 3.63) is 57.6 Å². The molecule has 24 heavy (non-hydrogen) atoms. The van der Waals surface area contributed by atoms with Gasteiger partial charge in [-0.1, -0.05) is 72.7 Å². The number of hydrogen-bond acceptors (Lipinski definition) is 0. The summed E-state index contributed by atoms with van der Waals surface area (Å²) in [4.78, 5) is 0. The summed E-state index contributed by atoms with van der Waals surface area (Å²) in [5.74, 6) is 0.496. The Kier molecular flexibility index (Phi) is 3.75. The molecule has 0 heterocycles. The highest BCUT2D eigenvalue weighted by Gasteiger charge is 2.30. The summed E-state index contributed by atoms with van der Waals surface area (Å²) >= 11 is 0. The molecule has 0 nitrogen and oxygen atoms in total. The molecule has 0 spiro atoms. The Balaban J connectivity index is 2.30. The summed E-state index contributed by atoms with van der Waals surface area (Å²) in [6.07, 6.45) is 0. The van der Waals surface area contributed by atoms with Crippen molar-refractivity contribution in [2.24, 2.45) is 0 Å². The third-order valence-electron chi connectivity index (χ3n) is 5.63. The molecule has 1 aliphatic carbocycles. The van der Waals surface area contributed by atoms with E-state index in [2.05, 4.69) is 86.6 Å². The molecule has 0 saturated heterocycles. The van der Waals surface area contributed by atoms with Gasteiger partial charge in [-0.3, -0.25) is 0 Å². The summed E-state index contributed by atoms with van der Waals surface area (Å²) < 4.78 is 0. The van der Waals surface area contributed by atoms with Crippen molar-refractivity contribution in [1.82, 2.24) is 0 Å². The van der Waals surface area contributed by atoms with Gasteiger partial charge in [-0.25, -0.2) is 0 Å². The van der Waals surface area contributed by atoms with Gasteiger partial charge in [0.1, 0.15) is 0 Å². The predicted molar refractivity (Wildman–Crippen MR) is 106 cm³/mol. The van der Waals surface area contributed by atoms with Crippen molar-refractivity contribution in [3.8, 4) is 11.1 Å². The summed E-state index contributed by atoms with van der Waals surface area (Å²) in [6, 6.07) is 9.81. The van der Waals surface area contributed by atoms with Gasteiger partial charge in [-0.05, 0) is 69.2 Å². The maximum absolute atomic E-state index is 2.47. The van der Waals surface area contributed by atoms with Crippen LogP contribution >= 0.6 is 0 Å². The van der Waals surface area contributed by atoms with Crippen LogP contribution in [0, 0.1) is 13.8 Å². The topological polar surface area (TPSA) is 0 Å². The van der Waals surface area contributed by atoms with Crippen molar-refractivity contribution < 1.29 is 0 Å². The molecule has 0 aliphatic heterocycles. The smallest absolute Gasteiger partial charge is 0.00735 e. The summed E-state index contributed by atoms with van der Waals surface area (Å²) in [5, 5.41) is 0. The Labute approximate surface area is 148 Å². The van der Waals surface area contributed by atoms with Crippen molar-refractivity contribution in [1.29, 1.82) is 0 Å². The molecule has 0 unspecified atom stereocenters. The number of fused-ring (bicyclic) bond motifs is 3. The molecule has 0 bridgehead atoms. The Bertz CT molecular complexity index is 738. The Morgan fingerprint density at radius 1 is 0.625 bits per heavy atom. The van der Waals surface area contributed by atoms with Crippen LogP contribution in [0.5, 0.6) is 0 Å². The lowest BCUT2D eigenvalue weighted by atomic mass is 9.80. The second-order valence-electron chi connectivity index (χ2n) is 9.73. The predicted octanol–water partition coefficient (Wildman–Crippen LogP) is 7.03. The summed E-state index contributed by atoms with van der Waals surface area (Å²) in [7, 11) is 0. The first kappa shape index (κ1) is 17.3. The van der Waals surface area contributed by atoms with Crippen LogP contribution in [-0.4, -0.2) is 0 Å². The molecule has 0 radical (unpaired) electrons. The highest BCUT2D eigenvalue weighted by atomic mass is 14.3. The number of rotatable bonds is 0. The molecule has 2 aromatic carbocycles. The molecule has 3 rings (SSSR count). The molecule has 128 valence electrons. The van der Waals surface area contributed by atoms with Gasteiger partial charge in [-0.15, -0.1) is 0 Å². The Morgan fingerprint density at radius 3 is 1.25 bits per heavy atom. The van der Waals surface area contributed by atoms with Gasteiger partial charge in [0, 0.05) is 5.92 Å². The van der Waals surface area contributed by atoms with E-state index in [1.165, 1.54) is 44.5 Å². The van der Waals surface area contributed by atoms with Gasteiger partial charge in [-0.2, -0.15) is 0 Å². The van der Waals surface area contributed by atoms with E-state index in [-0.39, 0.29) is 10.8 Å². The molecular weight excluding hydrogens is 288 g/mol. The van der Waals surface area contributed by atoms with Crippen molar-refractivity contribution in [2.45, 2.75) is 79.1 Å². The quantitative estimate of drug-likeness (QED) is 0.488. The van der Waals surface area contributed by atoms with E-state index < -0.39 is 0 Å². The van der Waals surface area contributed by atoms with E-state index in [9.17, 15) is 0 Å². The van der Waals surface area contributed by atoms with E-state index in [1.807, 2.05) is 0 Å². The Hall–Kier alpha value is -1.56. The van der Waals surface area contributed by atoms with Gasteiger partial charge in [0.15, 0.2) is 0 Å². The molecule has 2 aromatic rings. The van der Waals surface area contributed by atoms with Crippen LogP contribution in [-0.2, 0) is 10.8 Å². The van der Waals surface area contributed by atoms with Crippen molar-refractivity contribution in [2.75, 3.05) is 0 Å². The lowest BCUT2D eigenvalue weighted by Crippen LogP contribution is -2.14. The molecular formula is C24H32. The number of benzene rings is 2. The van der Waals surface area contributed by atoms with Crippen LogP contribution in [0.4, 0.5) is 0 Å². The minimum Gasteiger partial charge on any atom is -0.0561 e. The molecule has 0 N–H and O–H groups in total. The van der Waals surface area contributed by atoms with E-state index in [0.717, 1.165) is 0 Å². The summed E-state index contributed by atoms with van der Waals surface area (Å²) in [6.45, 7) is 20.8. The van der Waals surface area contributed by atoms with Crippen LogP contribution in [0.15, 0.2) is 24.3 Å². The zero-order chi connectivity index (χ0) is 18.0. The number of hydrogen-bond donors (Lipinski definition) is 0. The van der Waals surface area contributed by atoms with Crippen LogP contribution < -0.4 is 0 Å². The maximum Gasteiger partial charge on any atom is 0.00735 e. The van der Waals surface area contributed by atoms with Gasteiger partial charge in [0.2, 0.25) is 0 Å². The zero-order valence-electron chi connectivity index (χ0n) is 16.9. The first-order valence-electron chi connectivity index (χ1n) is 9.21. The number of aryl methyl sites for hydroxylation is 2. The van der Waals surface area contributed by atoms with Gasteiger partial charge >= 0.3 is 0 Å². The molecule has 0 fully saturated rings. The van der Waals surface area contributed by atoms with E-state index >= 15 is 0 Å². The lowest BCUT2D eigenvalue weighted by Gasteiger charge is -2.24. The zero-order valence-corrected chi connectivity index (χ0v) is 16.9. The second-order valence-corrected chi connectivity index (χ2v) is 9.73. The van der Waals surface area contributed by atoms with Crippen LogP contribution in [0.1, 0.15) is 87.8 Å². The molecule has 0 heteroatoms. The normalized spacial score (nSPS) is 14.7. The monoisotopic (exact) mass is 320 g/mol. The minimum atomic E-state index is 0.183. The molecule has 0 saturated carbocycles. The fraction of sp³-hybridized carbons (Fsp3) is 0.500. The van der Waals surface area contributed by atoms with Gasteiger partial charge in [0.25, 0.3) is 0 Å². The average molecular weight is 321 g/mol. The van der Waals surface area contributed by atoms with E-state index in [1.54, 1.807) is 0 Å². The highest BCUT2D eigenvalue weighted by molar-refractivity contribution is 5.81. The van der Waals surface area contributed by atoms with Crippen LogP contribution in [0.3, 0.4) is 0 Å². The first-order chi connectivity index (χ1) is 10.9. The third kappa shape index (κ3) is 2.61. The average Bonchev–Trinajstić information content (AvgIpc) is 2.67. The molecule has 0 aromatic heterocycles. The second kappa shape index (κ2) is 5.22. The lowest BCUT2D eigenvalue weighted by molar-refractivity contribution is 0.585. The fourth-order valence-corrected chi connectivity index (χ4v) is 4.43. The van der Waals surface area contributed by atoms with Crippen LogP contribution in [0.25, 0.3) is 11.1 Å². The van der Waals surface area contributed by atoms with E-state index in [0.29, 0.717) is 5.92 Å². The minimum absolute atomic E-state index is 0.183. The van der Waals surface area contributed by atoms with Crippen LogP contribution in [0.2, 0.25) is 0 Å². The highest BCUT2D eigenvalue weighted by Crippen LogP contribution is 2.48. The first-order valence-corrected chi connectivity index (χ1v) is 9.21. The van der Waals surface area contributed by atoms with Crippen molar-refractivity contribution in [3.63, 3.8) is 0 Å². The maximum atomic E-state index is 2.47. The van der Waals surface area contributed by atoms with E-state index in [4.69, 9.17) is 0 Å². The largest absolute Gasteiger partial charge is 0.0561 e. The van der Waals surface area contributed by atoms with Crippen molar-refractivity contribution >= 4 is 0 Å². The molecule has 0 amide bonds. The molecule has 1 aliphatic rings. The van der Waals surface area contributed by atoms with Gasteiger partial charge in [0.05, 0.1) is 0 Å². The SMILES string of the molecule is Cc1cc2c(cc1C(C)(C)C)-c1cc(C(C)(C)C)c(C)cc1C2C. The Morgan fingerprint density at radius 2 is 0.958 bits per heavy atom. The summed E-state index contributed by atoms with van der Waals surface area (Å²) in [5.41, 5.74) is 12.1. The standard InChI is InChI=1S/C24H32/c1-14-10-17-16(3)18-11-15(2)22(24(7,8)9)13-20(18)19(17)12-21(14)23(4,5)6/h10-13,16H,1-9H3. The third-order valence-corrected chi connectivity index (χ3v) is 5.63.